The van der Waals surface area contributed by atoms with Gasteiger partial charge >= 0.3 is 6.18 Å². The number of nitrogens with zero attached hydrogens (tertiary/aromatic N) is 3. The number of hydrogen-bond acceptors (Lipinski definition) is 6. The van der Waals surface area contributed by atoms with Gasteiger partial charge in [-0.3, -0.25) is 14.7 Å². The number of H-pyrrole nitrogens is 1. The third-order valence-electron chi connectivity index (χ3n) is 7.98. The molecule has 242 valence electrons. The van der Waals surface area contributed by atoms with E-state index in [1.807, 2.05) is 62.4 Å². The second-order valence-electron chi connectivity index (χ2n) is 12.3. The van der Waals surface area contributed by atoms with E-state index >= 15 is 0 Å². The van der Waals surface area contributed by atoms with Crippen LogP contribution in [0.25, 0.3) is 22.5 Å². The summed E-state index contributed by atoms with van der Waals surface area (Å²) in [6.07, 6.45) is -3.34. The molecule has 1 aliphatic rings. The molecule has 0 saturated heterocycles. The molecule has 0 spiro atoms. The first kappa shape index (κ1) is 32.8. The van der Waals surface area contributed by atoms with Crippen LogP contribution in [0.3, 0.4) is 0 Å². The number of aliphatic hydroxyl groups excluding tert-OH is 1. The first-order valence-electron chi connectivity index (χ1n) is 15.1. The number of alkyl halides is 3. The molecule has 0 radical (unpaired) electrons. The maximum atomic E-state index is 14.0. The highest BCUT2D eigenvalue weighted by atomic mass is 19.4. The smallest absolute Gasteiger partial charge is 0.392 e. The summed E-state index contributed by atoms with van der Waals surface area (Å²) in [7, 11) is 0. The average molecular weight is 635 g/mol. The molecule has 0 saturated carbocycles. The number of anilines is 1. The number of aromatic amines is 1. The molecule has 3 aromatic carbocycles. The van der Waals surface area contributed by atoms with Crippen molar-refractivity contribution in [2.75, 3.05) is 11.4 Å². The summed E-state index contributed by atoms with van der Waals surface area (Å²) in [5.74, 6) is -0.153. The van der Waals surface area contributed by atoms with Gasteiger partial charge in [0.25, 0.3) is 0 Å². The minimum atomic E-state index is -4.54. The van der Waals surface area contributed by atoms with Gasteiger partial charge in [0.2, 0.25) is 11.8 Å². The quantitative estimate of drug-likeness (QED) is 0.189. The van der Waals surface area contributed by atoms with Gasteiger partial charge in [-0.05, 0) is 74.1 Å². The molecule has 9 nitrogen and oxygen atoms in total. The Morgan fingerprint density at radius 1 is 1.09 bits per heavy atom. The third kappa shape index (κ3) is 7.80. The second kappa shape index (κ2) is 13.4. The van der Waals surface area contributed by atoms with Gasteiger partial charge in [-0.15, -0.1) is 0 Å². The molecule has 0 bridgehead atoms. The maximum Gasteiger partial charge on any atom is 0.416 e. The summed E-state index contributed by atoms with van der Waals surface area (Å²) in [5, 5.41) is 22.4. The normalized spacial score (nSPS) is 16.1. The Balaban J connectivity index is 1.41. The molecule has 5 rings (SSSR count). The topological polar surface area (TPSA) is 123 Å². The van der Waals surface area contributed by atoms with Crippen molar-refractivity contribution in [1.82, 2.24) is 25.8 Å². The van der Waals surface area contributed by atoms with Gasteiger partial charge in [0.05, 0.1) is 18.2 Å². The lowest BCUT2D eigenvalue weighted by molar-refractivity contribution is -0.137. The predicted octanol–water partition coefficient (Wildman–Crippen LogP) is 5.26. The lowest BCUT2D eigenvalue weighted by atomic mass is 9.98. The Kier molecular flexibility index (Phi) is 9.59. The number of aromatic nitrogens is 3. The number of hydrogen-bond donors (Lipinski definition) is 4. The van der Waals surface area contributed by atoms with Crippen molar-refractivity contribution in [3.05, 3.63) is 89.7 Å². The fraction of sp³-hybridized carbons (Fsp3) is 0.353. The summed E-state index contributed by atoms with van der Waals surface area (Å²) >= 11 is 0. The predicted molar refractivity (Wildman–Crippen MR) is 169 cm³/mol. The van der Waals surface area contributed by atoms with E-state index in [1.165, 1.54) is 17.3 Å². The van der Waals surface area contributed by atoms with E-state index in [-0.39, 0.29) is 38.3 Å². The SMILES string of the molecule is C[C@@H](O)CNC(C)(C)CC(=O)N[C@@H]1CCc2cc(C(F)(F)F)ccc2N(Cc2ccc(-c3ccccc3-c3ncn[nH]3)cc2)C1=O. The van der Waals surface area contributed by atoms with Crippen LogP contribution in [0.15, 0.2) is 73.1 Å². The minimum absolute atomic E-state index is 0.0334. The van der Waals surface area contributed by atoms with E-state index in [2.05, 4.69) is 25.8 Å². The van der Waals surface area contributed by atoms with Gasteiger partial charge in [0.15, 0.2) is 5.82 Å². The van der Waals surface area contributed by atoms with Gasteiger partial charge in [0, 0.05) is 29.8 Å². The molecule has 12 heteroatoms. The van der Waals surface area contributed by atoms with Gasteiger partial charge < -0.3 is 20.6 Å². The van der Waals surface area contributed by atoms with Crippen molar-refractivity contribution in [2.24, 2.45) is 0 Å². The average Bonchev–Trinajstić information content (AvgIpc) is 3.52. The first-order valence-corrected chi connectivity index (χ1v) is 15.1. The van der Waals surface area contributed by atoms with Crippen molar-refractivity contribution in [3.8, 4) is 22.5 Å². The van der Waals surface area contributed by atoms with Crippen LogP contribution in [-0.2, 0) is 28.7 Å². The fourth-order valence-corrected chi connectivity index (χ4v) is 5.63. The number of carbonyl (C=O) groups is 2. The number of halogens is 3. The van der Waals surface area contributed by atoms with Crippen LogP contribution < -0.4 is 15.5 Å². The van der Waals surface area contributed by atoms with Crippen molar-refractivity contribution in [2.45, 2.75) is 70.4 Å². The third-order valence-corrected chi connectivity index (χ3v) is 7.98. The largest absolute Gasteiger partial charge is 0.416 e. The molecule has 0 unspecified atom stereocenters. The monoisotopic (exact) mass is 634 g/mol. The van der Waals surface area contributed by atoms with Gasteiger partial charge in [-0.1, -0.05) is 48.5 Å². The Labute approximate surface area is 265 Å². The van der Waals surface area contributed by atoms with Gasteiger partial charge in [-0.2, -0.15) is 18.3 Å². The highest BCUT2D eigenvalue weighted by Gasteiger charge is 2.36. The van der Waals surface area contributed by atoms with Crippen LogP contribution in [0, 0.1) is 0 Å². The standard InChI is InChI=1S/C34H37F3N6O3/c1-21(44)18-39-33(2,3)17-30(45)41-28-14-12-24-16-25(34(35,36)37)13-15-29(24)43(32(28)46)19-22-8-10-23(11-9-22)26-6-4-5-7-27(26)31-38-20-40-42-31/h4-11,13,15-16,20-21,28,39,44H,12,14,17-19H2,1-3H3,(H,41,45)(H,38,40,42)/t21-,28-/m1/s1. The van der Waals surface area contributed by atoms with Crippen LogP contribution in [0.5, 0.6) is 0 Å². The Morgan fingerprint density at radius 3 is 2.46 bits per heavy atom. The van der Waals surface area contributed by atoms with Crippen molar-refractivity contribution in [3.63, 3.8) is 0 Å². The van der Waals surface area contributed by atoms with E-state index in [9.17, 15) is 27.9 Å². The van der Waals surface area contributed by atoms with Gasteiger partial charge in [-0.25, -0.2) is 4.98 Å². The van der Waals surface area contributed by atoms with Crippen LogP contribution >= 0.6 is 0 Å². The molecule has 1 aromatic heterocycles. The molecule has 4 N–H and O–H groups in total. The van der Waals surface area contributed by atoms with E-state index in [4.69, 9.17) is 0 Å². The first-order chi connectivity index (χ1) is 21.8. The zero-order valence-corrected chi connectivity index (χ0v) is 25.9. The molecule has 2 heterocycles. The highest BCUT2D eigenvalue weighted by molar-refractivity contribution is 6.00. The zero-order chi connectivity index (χ0) is 33.1. The Bertz CT molecular complexity index is 1670. The molecule has 0 aliphatic carbocycles. The summed E-state index contributed by atoms with van der Waals surface area (Å²) < 4.78 is 40.9. The van der Waals surface area contributed by atoms with Gasteiger partial charge in [0.1, 0.15) is 12.4 Å². The molecule has 2 atom stereocenters. The van der Waals surface area contributed by atoms with E-state index in [0.29, 0.717) is 17.1 Å². The molecular formula is C34H37F3N6O3. The maximum absolute atomic E-state index is 14.0. The zero-order valence-electron chi connectivity index (χ0n) is 25.9. The lowest BCUT2D eigenvalue weighted by Gasteiger charge is -2.29. The number of aliphatic hydroxyl groups is 1. The molecule has 4 aromatic rings. The number of aryl methyl sites for hydroxylation is 1. The van der Waals surface area contributed by atoms with E-state index < -0.39 is 35.3 Å². The van der Waals surface area contributed by atoms with E-state index in [1.54, 1.807) is 6.92 Å². The molecule has 46 heavy (non-hydrogen) atoms. The van der Waals surface area contributed by atoms with Crippen molar-refractivity contribution < 1.29 is 27.9 Å². The Hall–Kier alpha value is -4.55. The molecular weight excluding hydrogens is 597 g/mol. The highest BCUT2D eigenvalue weighted by Crippen LogP contribution is 2.36. The second-order valence-corrected chi connectivity index (χ2v) is 12.3. The fourth-order valence-electron chi connectivity index (χ4n) is 5.63. The number of amides is 2. The molecule has 2 amide bonds. The summed E-state index contributed by atoms with van der Waals surface area (Å²) in [4.78, 5) is 32.8. The summed E-state index contributed by atoms with van der Waals surface area (Å²) in [6, 6.07) is 17.8. The number of fused-ring (bicyclic) bond motifs is 1. The number of benzene rings is 3. The minimum Gasteiger partial charge on any atom is -0.392 e. The number of nitrogens with one attached hydrogen (secondary N) is 3. The molecule has 0 fully saturated rings. The molecule has 1 aliphatic heterocycles. The van der Waals surface area contributed by atoms with E-state index in [0.717, 1.165) is 34.4 Å². The van der Waals surface area contributed by atoms with Crippen LogP contribution in [0.4, 0.5) is 18.9 Å². The van der Waals surface area contributed by atoms with Crippen molar-refractivity contribution in [1.29, 1.82) is 0 Å². The number of rotatable bonds is 10. The van der Waals surface area contributed by atoms with Crippen molar-refractivity contribution >= 4 is 17.5 Å². The number of β-amino-alcohol motifs (C(OH)–C–C–N with tert-alkyl or cyclic N) is 1. The lowest BCUT2D eigenvalue weighted by Crippen LogP contribution is -2.51. The summed E-state index contributed by atoms with van der Waals surface area (Å²) in [6.45, 7) is 5.65. The van der Waals surface area contributed by atoms with Crippen LogP contribution in [-0.4, -0.2) is 56.3 Å². The van der Waals surface area contributed by atoms with Crippen LogP contribution in [0.2, 0.25) is 0 Å². The Morgan fingerprint density at radius 2 is 1.80 bits per heavy atom. The number of carbonyl (C=O) groups excluding carboxylic acids is 2. The summed E-state index contributed by atoms with van der Waals surface area (Å²) in [5.41, 5.74) is 2.78. The van der Waals surface area contributed by atoms with Crippen LogP contribution in [0.1, 0.15) is 50.3 Å².